The van der Waals surface area contributed by atoms with Gasteiger partial charge in [0, 0.05) is 0 Å². The largest absolute Gasteiger partial charge is 0.481 e. The Balaban J connectivity index is 1.49. The maximum Gasteiger partial charge on any atom is 0.310 e. The molecular formula is C29H23NO6. The van der Waals surface area contributed by atoms with Gasteiger partial charge in [-0.2, -0.15) is 0 Å². The molecule has 0 unspecified atom stereocenters. The number of carboxylic acids is 1. The number of rotatable bonds is 4. The van der Waals surface area contributed by atoms with Crippen molar-refractivity contribution < 1.29 is 28.6 Å². The van der Waals surface area contributed by atoms with Gasteiger partial charge in [-0.25, -0.2) is 0 Å². The summed E-state index contributed by atoms with van der Waals surface area (Å²) in [5, 5.41) is 10.1. The van der Waals surface area contributed by atoms with E-state index in [0.717, 1.165) is 11.1 Å². The number of nitrogens with zero attached hydrogens (tertiary/aromatic N) is 1. The van der Waals surface area contributed by atoms with Crippen LogP contribution in [0.1, 0.15) is 34.8 Å². The number of ketones is 1. The van der Waals surface area contributed by atoms with Crippen molar-refractivity contribution in [3.05, 3.63) is 108 Å². The van der Waals surface area contributed by atoms with E-state index in [1.807, 2.05) is 66.7 Å². The monoisotopic (exact) mass is 481 g/mol. The summed E-state index contributed by atoms with van der Waals surface area (Å²) in [6.07, 6.45) is 4.40. The third-order valence-electron chi connectivity index (χ3n) is 8.35. The van der Waals surface area contributed by atoms with Crippen LogP contribution in [0.3, 0.4) is 0 Å². The van der Waals surface area contributed by atoms with E-state index < -0.39 is 53.4 Å². The average molecular weight is 482 g/mol. The summed E-state index contributed by atoms with van der Waals surface area (Å²) in [4.78, 5) is 42.9. The molecule has 2 bridgehead atoms. The number of ether oxygens (including phenoxy) is 1. The van der Waals surface area contributed by atoms with Crippen LogP contribution in [0.5, 0.6) is 0 Å². The second-order valence-corrected chi connectivity index (χ2v) is 9.97. The van der Waals surface area contributed by atoms with Crippen LogP contribution in [0.25, 0.3) is 0 Å². The van der Waals surface area contributed by atoms with Crippen LogP contribution in [0.4, 0.5) is 0 Å². The number of amides is 1. The van der Waals surface area contributed by atoms with E-state index in [9.17, 15) is 19.5 Å². The molecule has 1 spiro atoms. The normalized spacial score (nSPS) is 36.2. The Kier molecular flexibility index (Phi) is 4.45. The summed E-state index contributed by atoms with van der Waals surface area (Å²) in [7, 11) is 0. The van der Waals surface area contributed by atoms with Gasteiger partial charge in [-0.3, -0.25) is 14.4 Å². The number of piperidine rings is 1. The SMILES string of the molecule is O=C(O)[C@H]1[C@H]2C(=O)N3[C@@H]([C@@H](c4ccccc4)C(=O)[C@@H](c4ccccc4)[C@@H]3c3ccco3)[C@]23C=C[C@H]1O3. The second kappa shape index (κ2) is 7.51. The number of carboxylic acid groups (broad SMARTS) is 1. The van der Waals surface area contributed by atoms with Gasteiger partial charge in [-0.05, 0) is 23.3 Å². The van der Waals surface area contributed by atoms with Gasteiger partial charge in [0.15, 0.2) is 5.78 Å². The molecule has 1 amide bonds. The first-order chi connectivity index (χ1) is 17.5. The molecule has 1 aromatic heterocycles. The third-order valence-corrected chi connectivity index (χ3v) is 8.35. The summed E-state index contributed by atoms with van der Waals surface area (Å²) >= 11 is 0. The van der Waals surface area contributed by atoms with Gasteiger partial charge < -0.3 is 19.2 Å². The van der Waals surface area contributed by atoms with Crippen LogP contribution in [-0.2, 0) is 19.1 Å². The van der Waals surface area contributed by atoms with Crippen molar-refractivity contribution in [1.29, 1.82) is 0 Å². The van der Waals surface area contributed by atoms with E-state index in [1.165, 1.54) is 6.26 Å². The lowest BCUT2D eigenvalue weighted by Gasteiger charge is -2.48. The number of hydrogen-bond acceptors (Lipinski definition) is 5. The molecule has 0 saturated carbocycles. The van der Waals surface area contributed by atoms with Gasteiger partial charge in [0.1, 0.15) is 23.3 Å². The highest BCUT2D eigenvalue weighted by atomic mass is 16.5. The average Bonchev–Trinajstić information content (AvgIpc) is 3.68. The van der Waals surface area contributed by atoms with E-state index in [2.05, 4.69) is 0 Å². The van der Waals surface area contributed by atoms with Crippen LogP contribution in [-0.4, -0.2) is 45.4 Å². The first kappa shape index (κ1) is 21.3. The minimum atomic E-state index is -1.20. The van der Waals surface area contributed by atoms with Gasteiger partial charge in [0.2, 0.25) is 5.91 Å². The predicted octanol–water partition coefficient (Wildman–Crippen LogP) is 3.71. The Bertz CT molecular complexity index is 1380. The van der Waals surface area contributed by atoms with Crippen LogP contribution in [0.15, 0.2) is 95.6 Å². The molecule has 180 valence electrons. The maximum absolute atomic E-state index is 14.6. The Hall–Kier alpha value is -3.97. The van der Waals surface area contributed by atoms with Crippen molar-refractivity contribution in [2.24, 2.45) is 11.8 Å². The molecule has 36 heavy (non-hydrogen) atoms. The fourth-order valence-electron chi connectivity index (χ4n) is 7.07. The molecule has 7 heteroatoms. The molecule has 7 nitrogen and oxygen atoms in total. The van der Waals surface area contributed by atoms with E-state index in [1.54, 1.807) is 23.1 Å². The minimum Gasteiger partial charge on any atom is -0.481 e. The van der Waals surface area contributed by atoms with E-state index in [0.29, 0.717) is 5.76 Å². The second-order valence-electron chi connectivity index (χ2n) is 9.97. The molecule has 3 aromatic rings. The van der Waals surface area contributed by atoms with Crippen molar-refractivity contribution in [3.8, 4) is 0 Å². The third kappa shape index (κ3) is 2.63. The first-order valence-electron chi connectivity index (χ1n) is 12.1. The zero-order chi connectivity index (χ0) is 24.6. The Morgan fingerprint density at radius 3 is 2.17 bits per heavy atom. The fraction of sp³-hybridized carbons (Fsp3) is 0.276. The van der Waals surface area contributed by atoms with Crippen LogP contribution < -0.4 is 0 Å². The van der Waals surface area contributed by atoms with E-state index in [4.69, 9.17) is 9.15 Å². The molecule has 4 aliphatic rings. The highest BCUT2D eigenvalue weighted by Gasteiger charge is 2.76. The molecule has 3 saturated heterocycles. The molecule has 5 heterocycles. The molecule has 7 rings (SSSR count). The van der Waals surface area contributed by atoms with Crippen LogP contribution in [0, 0.1) is 11.8 Å². The van der Waals surface area contributed by atoms with Crippen molar-refractivity contribution >= 4 is 17.7 Å². The summed E-state index contributed by atoms with van der Waals surface area (Å²) < 4.78 is 12.2. The first-order valence-corrected chi connectivity index (χ1v) is 12.1. The molecule has 2 aromatic carbocycles. The number of benzene rings is 2. The Labute approximate surface area is 207 Å². The van der Waals surface area contributed by atoms with Gasteiger partial charge >= 0.3 is 5.97 Å². The number of aliphatic carboxylic acids is 1. The number of hydrogen-bond donors (Lipinski definition) is 1. The molecule has 3 fully saturated rings. The highest BCUT2D eigenvalue weighted by molar-refractivity contribution is 6.00. The smallest absolute Gasteiger partial charge is 0.310 e. The van der Waals surface area contributed by atoms with E-state index >= 15 is 0 Å². The lowest BCUT2D eigenvalue weighted by molar-refractivity contribution is -0.152. The standard InChI is InChI=1S/C29H23NO6/c31-25-20(16-8-3-1-4-9-16)24(19-12-7-15-35-19)30-26(21(25)17-10-5-2-6-11-17)29-14-13-18(36-29)22(28(33)34)23(29)27(30)32/h1-15,18,20-24,26H,(H,33,34)/t18-,20+,21+,22-,23+,24+,26+,29+/m1/s1. The van der Waals surface area contributed by atoms with Crippen LogP contribution >= 0.6 is 0 Å². The lowest BCUT2D eigenvalue weighted by atomic mass is 9.66. The van der Waals surface area contributed by atoms with E-state index in [-0.39, 0.29) is 11.7 Å². The summed E-state index contributed by atoms with van der Waals surface area (Å²) in [6, 6.07) is 20.9. The van der Waals surface area contributed by atoms with Gasteiger partial charge in [-0.1, -0.05) is 72.8 Å². The maximum atomic E-state index is 14.6. The van der Waals surface area contributed by atoms with Gasteiger partial charge in [-0.15, -0.1) is 0 Å². The summed E-state index contributed by atoms with van der Waals surface area (Å²) in [5.74, 6) is -4.25. The molecule has 4 aliphatic heterocycles. The van der Waals surface area contributed by atoms with Crippen LogP contribution in [0.2, 0.25) is 0 Å². The summed E-state index contributed by atoms with van der Waals surface area (Å²) in [6.45, 7) is 0. The number of carbonyl (C=O) groups excluding carboxylic acids is 2. The molecule has 0 radical (unpaired) electrons. The number of carbonyl (C=O) groups is 3. The van der Waals surface area contributed by atoms with Crippen molar-refractivity contribution in [2.45, 2.75) is 35.6 Å². The van der Waals surface area contributed by atoms with Gasteiger partial charge in [0.25, 0.3) is 0 Å². The zero-order valence-corrected chi connectivity index (χ0v) is 19.1. The van der Waals surface area contributed by atoms with Crippen molar-refractivity contribution in [1.82, 2.24) is 4.90 Å². The quantitative estimate of drug-likeness (QED) is 0.571. The van der Waals surface area contributed by atoms with Gasteiger partial charge in [0.05, 0.1) is 36.2 Å². The van der Waals surface area contributed by atoms with Crippen molar-refractivity contribution in [2.75, 3.05) is 0 Å². The summed E-state index contributed by atoms with van der Waals surface area (Å²) in [5.41, 5.74) is 0.354. The minimum absolute atomic E-state index is 0.0444. The Morgan fingerprint density at radius 2 is 1.56 bits per heavy atom. The zero-order valence-electron chi connectivity index (χ0n) is 19.1. The number of fused-ring (bicyclic) bond motifs is 2. The predicted molar refractivity (Wildman–Crippen MR) is 127 cm³/mol. The number of Topliss-reactive ketones (excluding diaryl/α,β-unsaturated/α-hetero) is 1. The molecule has 8 atom stereocenters. The molecule has 1 N–H and O–H groups in total. The topological polar surface area (TPSA) is 97.1 Å². The van der Waals surface area contributed by atoms with Crippen molar-refractivity contribution in [3.63, 3.8) is 0 Å². The Morgan fingerprint density at radius 1 is 0.889 bits per heavy atom. The lowest BCUT2D eigenvalue weighted by Crippen LogP contribution is -2.57. The number of furan rings is 1. The molecular weight excluding hydrogens is 458 g/mol. The fourth-order valence-corrected chi connectivity index (χ4v) is 7.07. The highest BCUT2D eigenvalue weighted by Crippen LogP contribution is 2.63. The molecule has 0 aliphatic carbocycles.